The van der Waals surface area contributed by atoms with Crippen molar-refractivity contribution in [3.05, 3.63) is 180 Å². The van der Waals surface area contributed by atoms with Crippen LogP contribution in [-0.4, -0.2) is 11.7 Å². The second-order valence-electron chi connectivity index (χ2n) is 12.6. The fourth-order valence-corrected chi connectivity index (χ4v) is 8.37. The normalized spacial score (nSPS) is 14.6. The van der Waals surface area contributed by atoms with Crippen LogP contribution in [-0.2, 0) is 0 Å². The van der Waals surface area contributed by atoms with E-state index in [1.54, 1.807) is 0 Å². The van der Waals surface area contributed by atoms with E-state index in [4.69, 9.17) is 14.4 Å². The predicted molar refractivity (Wildman–Crippen MR) is 209 cm³/mol. The number of hydrogen-bond donors (Lipinski definition) is 1. The highest BCUT2D eigenvalue weighted by Crippen LogP contribution is 2.41. The van der Waals surface area contributed by atoms with Crippen LogP contribution in [0.25, 0.3) is 64.4 Å². The third kappa shape index (κ3) is 4.82. The van der Waals surface area contributed by atoms with Crippen molar-refractivity contribution in [1.82, 2.24) is 5.32 Å². The van der Waals surface area contributed by atoms with Gasteiger partial charge in [0.2, 0.25) is 0 Å². The van der Waals surface area contributed by atoms with Crippen LogP contribution in [0.15, 0.2) is 178 Å². The lowest BCUT2D eigenvalue weighted by Gasteiger charge is -2.22. The van der Waals surface area contributed by atoms with Crippen molar-refractivity contribution >= 4 is 65.1 Å². The number of nitrogens with one attached hydrogen (secondary N) is 1. The van der Waals surface area contributed by atoms with Crippen LogP contribution in [0.5, 0.6) is 0 Å². The Morgan fingerprint density at radius 3 is 1.94 bits per heavy atom. The number of thiophene rings is 1. The van der Waals surface area contributed by atoms with Crippen LogP contribution in [0.3, 0.4) is 0 Å². The minimum absolute atomic E-state index is 0.446. The highest BCUT2D eigenvalue weighted by Gasteiger charge is 2.24. The lowest BCUT2D eigenvalue weighted by Crippen LogP contribution is -2.36. The van der Waals surface area contributed by atoms with Gasteiger partial charge < -0.3 is 9.73 Å². The van der Waals surface area contributed by atoms with Gasteiger partial charge in [-0.05, 0) is 46.0 Å². The Kier molecular flexibility index (Phi) is 6.71. The molecule has 1 atom stereocenters. The maximum absolute atomic E-state index is 6.46. The van der Waals surface area contributed by atoms with Crippen molar-refractivity contribution in [3.63, 3.8) is 0 Å². The zero-order valence-corrected chi connectivity index (χ0v) is 27.7. The molecule has 9 aromatic rings. The van der Waals surface area contributed by atoms with Crippen molar-refractivity contribution in [2.75, 3.05) is 0 Å². The molecule has 3 heterocycles. The lowest BCUT2D eigenvalue weighted by molar-refractivity contribution is 0.667. The molecule has 0 saturated carbocycles. The monoisotopic (exact) mass is 659 g/mol. The highest BCUT2D eigenvalue weighted by molar-refractivity contribution is 7.26. The second-order valence-corrected chi connectivity index (χ2v) is 13.6. The van der Waals surface area contributed by atoms with Gasteiger partial charge in [0, 0.05) is 36.5 Å². The number of furan rings is 1. The van der Waals surface area contributed by atoms with E-state index in [1.807, 2.05) is 35.6 Å². The van der Waals surface area contributed by atoms with Crippen molar-refractivity contribution in [3.8, 4) is 22.3 Å². The molecule has 0 fully saturated rings. The Balaban J connectivity index is 1.11. The Bertz CT molecular complexity index is 2780. The number of benzene rings is 7. The largest absolute Gasteiger partial charge is 0.455 e. The standard InChI is InChI=1S/C45H29N3OS/c1-3-11-28(12-4-1)29-21-23-31(24-22-29)43-46-44(48-45(47-43)38-19-10-17-36-34-15-7-8-20-39(34)49-41(36)38)32-25-26-35-37-18-9-16-33(30-13-5-2-6-14-30)42(37)50-40(35)27-32/h1-27,44H,(H,46,47,48). The molecule has 0 aliphatic carbocycles. The first kappa shape index (κ1) is 28.7. The fourth-order valence-electron chi connectivity index (χ4n) is 7.09. The van der Waals surface area contributed by atoms with E-state index < -0.39 is 6.17 Å². The van der Waals surface area contributed by atoms with E-state index in [-0.39, 0.29) is 0 Å². The number of nitrogens with zero attached hydrogens (tertiary/aromatic N) is 2. The molecule has 1 aliphatic heterocycles. The Morgan fingerprint density at radius 1 is 0.480 bits per heavy atom. The Morgan fingerprint density at radius 2 is 1.12 bits per heavy atom. The molecule has 7 aromatic carbocycles. The summed E-state index contributed by atoms with van der Waals surface area (Å²) in [5, 5.41) is 8.28. The van der Waals surface area contributed by atoms with E-state index in [0.29, 0.717) is 0 Å². The molecule has 1 unspecified atom stereocenters. The Hall–Kier alpha value is -6.30. The first-order valence-corrected chi connectivity index (χ1v) is 17.6. The van der Waals surface area contributed by atoms with Crippen LogP contribution < -0.4 is 5.32 Å². The van der Waals surface area contributed by atoms with Gasteiger partial charge in [0.05, 0.1) is 5.56 Å². The second kappa shape index (κ2) is 11.7. The van der Waals surface area contributed by atoms with Gasteiger partial charge >= 0.3 is 0 Å². The van der Waals surface area contributed by atoms with Crippen LogP contribution in [0.4, 0.5) is 0 Å². The van der Waals surface area contributed by atoms with Crippen molar-refractivity contribution in [2.45, 2.75) is 6.17 Å². The number of para-hydroxylation sites is 2. The van der Waals surface area contributed by atoms with Gasteiger partial charge in [0.15, 0.2) is 6.17 Å². The number of fused-ring (bicyclic) bond motifs is 6. The number of rotatable bonds is 5. The molecule has 0 saturated heterocycles. The van der Waals surface area contributed by atoms with Gasteiger partial charge in [0.25, 0.3) is 0 Å². The molecular weight excluding hydrogens is 631 g/mol. The van der Waals surface area contributed by atoms with Gasteiger partial charge in [-0.1, -0.05) is 146 Å². The third-order valence-corrected chi connectivity index (χ3v) is 10.8. The average molecular weight is 660 g/mol. The van der Waals surface area contributed by atoms with Crippen molar-refractivity contribution < 1.29 is 4.42 Å². The van der Waals surface area contributed by atoms with Crippen molar-refractivity contribution in [1.29, 1.82) is 0 Å². The van der Waals surface area contributed by atoms with Gasteiger partial charge in [-0.25, -0.2) is 9.98 Å². The van der Waals surface area contributed by atoms with Crippen LogP contribution in [0.2, 0.25) is 0 Å². The summed E-state index contributed by atoms with van der Waals surface area (Å²) in [6, 6.07) is 57.4. The van der Waals surface area contributed by atoms with E-state index in [1.165, 1.54) is 36.9 Å². The molecule has 236 valence electrons. The summed E-state index contributed by atoms with van der Waals surface area (Å²) >= 11 is 1.83. The molecule has 1 aliphatic rings. The molecule has 10 rings (SSSR count). The molecule has 2 aromatic heterocycles. The van der Waals surface area contributed by atoms with Gasteiger partial charge in [-0.3, -0.25) is 0 Å². The number of aliphatic imine (C=N–C) groups is 2. The molecule has 4 nitrogen and oxygen atoms in total. The molecule has 0 spiro atoms. The maximum atomic E-state index is 6.46. The van der Waals surface area contributed by atoms with Gasteiger partial charge in [0.1, 0.15) is 22.8 Å². The predicted octanol–water partition coefficient (Wildman–Crippen LogP) is 11.8. The molecule has 1 N–H and O–H groups in total. The third-order valence-electron chi connectivity index (χ3n) is 9.57. The first-order chi connectivity index (χ1) is 24.8. The van der Waals surface area contributed by atoms with E-state index in [2.05, 4.69) is 145 Å². The summed E-state index contributed by atoms with van der Waals surface area (Å²) in [5.41, 5.74) is 9.44. The molecule has 0 radical (unpaired) electrons. The van der Waals surface area contributed by atoms with Crippen LogP contribution >= 0.6 is 11.3 Å². The van der Waals surface area contributed by atoms with Crippen LogP contribution in [0.1, 0.15) is 22.9 Å². The summed E-state index contributed by atoms with van der Waals surface area (Å²) in [7, 11) is 0. The summed E-state index contributed by atoms with van der Waals surface area (Å²) in [6.45, 7) is 0. The molecule has 0 bridgehead atoms. The SMILES string of the molecule is c1ccc(-c2ccc(C3=NC(c4ccc5c(c4)sc4c(-c6ccccc6)cccc45)N=C(c4cccc5c4oc4ccccc45)N3)cc2)cc1. The zero-order chi connectivity index (χ0) is 33.0. The summed E-state index contributed by atoms with van der Waals surface area (Å²) < 4.78 is 8.98. The minimum atomic E-state index is -0.446. The minimum Gasteiger partial charge on any atom is -0.455 e. The number of amidine groups is 2. The van der Waals surface area contributed by atoms with E-state index in [0.717, 1.165) is 55.9 Å². The first-order valence-electron chi connectivity index (χ1n) is 16.8. The Labute approximate surface area is 292 Å². The summed E-state index contributed by atoms with van der Waals surface area (Å²) in [4.78, 5) is 10.5. The number of hydrogen-bond acceptors (Lipinski definition) is 5. The van der Waals surface area contributed by atoms with Gasteiger partial charge in [-0.15, -0.1) is 11.3 Å². The molecule has 50 heavy (non-hydrogen) atoms. The van der Waals surface area contributed by atoms with Crippen molar-refractivity contribution in [2.24, 2.45) is 9.98 Å². The summed E-state index contributed by atoms with van der Waals surface area (Å²) in [5.74, 6) is 1.51. The van der Waals surface area contributed by atoms with E-state index >= 15 is 0 Å². The zero-order valence-electron chi connectivity index (χ0n) is 26.9. The lowest BCUT2D eigenvalue weighted by atomic mass is 10.0. The quantitative estimate of drug-likeness (QED) is 0.200. The smallest absolute Gasteiger partial charge is 0.169 e. The molecular formula is C45H29N3OS. The maximum Gasteiger partial charge on any atom is 0.169 e. The van der Waals surface area contributed by atoms with Gasteiger partial charge in [-0.2, -0.15) is 0 Å². The van der Waals surface area contributed by atoms with Crippen LogP contribution in [0, 0.1) is 0 Å². The topological polar surface area (TPSA) is 49.9 Å². The highest BCUT2D eigenvalue weighted by atomic mass is 32.1. The fraction of sp³-hybridized carbons (Fsp3) is 0.0222. The van der Waals surface area contributed by atoms with E-state index in [9.17, 15) is 0 Å². The molecule has 0 amide bonds. The average Bonchev–Trinajstić information content (AvgIpc) is 3.77. The molecule has 5 heteroatoms. The summed E-state index contributed by atoms with van der Waals surface area (Å²) in [6.07, 6.45) is -0.446.